The average Bonchev–Trinajstić information content (AvgIpc) is 2.00. The molecule has 80 valence electrons. The Morgan fingerprint density at radius 1 is 1.15 bits per heavy atom. The predicted molar refractivity (Wildman–Crippen MR) is 56.0 cm³/mol. The number of hydrogen-bond donors (Lipinski definition) is 0. The highest BCUT2D eigenvalue weighted by Gasteiger charge is 2.17. The first kappa shape index (κ1) is 12.9. The minimum Gasteiger partial charge on any atom is -0.385 e. The van der Waals surface area contributed by atoms with E-state index in [1.165, 1.54) is 0 Å². The predicted octanol–water partition coefficient (Wildman–Crippen LogP) is 2.86. The molecule has 0 atom stereocenters. The smallest absolute Gasteiger partial charge is 0.0648 e. The van der Waals surface area contributed by atoms with Crippen LogP contribution in [0.3, 0.4) is 0 Å². The molecule has 2 nitrogen and oxygen atoms in total. The van der Waals surface area contributed by atoms with Crippen LogP contribution < -0.4 is 0 Å². The summed E-state index contributed by atoms with van der Waals surface area (Å²) >= 11 is 0. The summed E-state index contributed by atoms with van der Waals surface area (Å²) in [6.07, 6.45) is 2.10. The summed E-state index contributed by atoms with van der Waals surface area (Å²) in [6, 6.07) is 0. The lowest BCUT2D eigenvalue weighted by Gasteiger charge is -2.25. The summed E-state index contributed by atoms with van der Waals surface area (Å²) in [5.74, 6) is 0.721. The van der Waals surface area contributed by atoms with Crippen LogP contribution in [0, 0.1) is 5.92 Å². The SMILES string of the molecule is COCCC(C)(C)OCCC(C)C. The highest BCUT2D eigenvalue weighted by molar-refractivity contribution is 4.67. The molecule has 0 radical (unpaired) electrons. The fraction of sp³-hybridized carbons (Fsp3) is 1.00. The summed E-state index contributed by atoms with van der Waals surface area (Å²) in [5.41, 5.74) is -0.0368. The molecule has 0 unspecified atom stereocenters. The van der Waals surface area contributed by atoms with Crippen LogP contribution in [-0.2, 0) is 9.47 Å². The van der Waals surface area contributed by atoms with Gasteiger partial charge in [-0.05, 0) is 32.6 Å². The van der Waals surface area contributed by atoms with Crippen LogP contribution in [0.15, 0.2) is 0 Å². The first-order valence-corrected chi connectivity index (χ1v) is 5.11. The van der Waals surface area contributed by atoms with Gasteiger partial charge in [-0.3, -0.25) is 0 Å². The molecule has 0 bridgehead atoms. The Morgan fingerprint density at radius 2 is 1.77 bits per heavy atom. The van der Waals surface area contributed by atoms with E-state index < -0.39 is 0 Å². The van der Waals surface area contributed by atoms with Crippen LogP contribution in [0.4, 0.5) is 0 Å². The molecule has 0 fully saturated rings. The number of methoxy groups -OCH3 is 1. The second-order valence-electron chi connectivity index (χ2n) is 4.53. The molecule has 13 heavy (non-hydrogen) atoms. The van der Waals surface area contributed by atoms with Gasteiger partial charge in [-0.1, -0.05) is 13.8 Å². The third-order valence-corrected chi connectivity index (χ3v) is 2.10. The lowest BCUT2D eigenvalue weighted by molar-refractivity contribution is -0.0401. The highest BCUT2D eigenvalue weighted by Crippen LogP contribution is 2.15. The van der Waals surface area contributed by atoms with Crippen LogP contribution in [0.25, 0.3) is 0 Å². The van der Waals surface area contributed by atoms with Gasteiger partial charge in [-0.15, -0.1) is 0 Å². The average molecular weight is 188 g/mol. The molecule has 0 aromatic heterocycles. The van der Waals surface area contributed by atoms with Crippen LogP contribution in [0.2, 0.25) is 0 Å². The van der Waals surface area contributed by atoms with Crippen molar-refractivity contribution >= 4 is 0 Å². The lowest BCUT2D eigenvalue weighted by atomic mass is 10.1. The molecule has 0 spiro atoms. The molecule has 0 saturated carbocycles. The third kappa shape index (κ3) is 8.26. The fourth-order valence-electron chi connectivity index (χ4n) is 0.991. The molecule has 0 aromatic rings. The van der Waals surface area contributed by atoms with E-state index in [-0.39, 0.29) is 5.60 Å². The van der Waals surface area contributed by atoms with Gasteiger partial charge >= 0.3 is 0 Å². The third-order valence-electron chi connectivity index (χ3n) is 2.10. The van der Waals surface area contributed by atoms with Gasteiger partial charge in [0.05, 0.1) is 5.60 Å². The van der Waals surface area contributed by atoms with Crippen molar-refractivity contribution in [2.45, 2.75) is 46.1 Å². The Bertz CT molecular complexity index is 119. The zero-order valence-corrected chi connectivity index (χ0v) is 9.72. The lowest BCUT2D eigenvalue weighted by Crippen LogP contribution is -2.27. The van der Waals surface area contributed by atoms with E-state index in [2.05, 4.69) is 27.7 Å². The highest BCUT2D eigenvalue weighted by atomic mass is 16.5. The summed E-state index contributed by atoms with van der Waals surface area (Å²) in [6.45, 7) is 10.3. The molecular formula is C11H24O2. The number of rotatable bonds is 7. The van der Waals surface area contributed by atoms with Crippen molar-refractivity contribution in [1.82, 2.24) is 0 Å². The van der Waals surface area contributed by atoms with Gasteiger partial charge in [0.2, 0.25) is 0 Å². The van der Waals surface area contributed by atoms with Crippen molar-refractivity contribution in [3.63, 3.8) is 0 Å². The summed E-state index contributed by atoms with van der Waals surface area (Å²) in [5, 5.41) is 0. The van der Waals surface area contributed by atoms with E-state index >= 15 is 0 Å². The molecule has 0 heterocycles. The van der Waals surface area contributed by atoms with Gasteiger partial charge in [0.25, 0.3) is 0 Å². The molecule has 0 amide bonds. The molecule has 0 aliphatic rings. The molecular weight excluding hydrogens is 164 g/mol. The maximum absolute atomic E-state index is 5.76. The van der Waals surface area contributed by atoms with Crippen molar-refractivity contribution in [3.05, 3.63) is 0 Å². The Kier molecular flexibility index (Phi) is 6.35. The van der Waals surface area contributed by atoms with Crippen molar-refractivity contribution in [2.75, 3.05) is 20.3 Å². The molecule has 0 rings (SSSR count). The van der Waals surface area contributed by atoms with Gasteiger partial charge in [-0.25, -0.2) is 0 Å². The zero-order chi connectivity index (χ0) is 10.3. The second kappa shape index (κ2) is 6.39. The molecule has 0 N–H and O–H groups in total. The van der Waals surface area contributed by atoms with E-state index in [4.69, 9.17) is 9.47 Å². The van der Waals surface area contributed by atoms with Crippen molar-refractivity contribution in [3.8, 4) is 0 Å². The molecule has 0 aliphatic heterocycles. The Labute approximate surface area is 82.6 Å². The standard InChI is InChI=1S/C11H24O2/c1-10(2)6-8-13-11(3,4)7-9-12-5/h10H,6-9H2,1-5H3. The van der Waals surface area contributed by atoms with E-state index in [1.807, 2.05) is 0 Å². The summed E-state index contributed by atoms with van der Waals surface area (Å²) in [4.78, 5) is 0. The quantitative estimate of drug-likeness (QED) is 0.611. The minimum atomic E-state index is -0.0368. The maximum Gasteiger partial charge on any atom is 0.0648 e. The minimum absolute atomic E-state index is 0.0368. The molecule has 0 aliphatic carbocycles. The van der Waals surface area contributed by atoms with Gasteiger partial charge < -0.3 is 9.47 Å². The largest absolute Gasteiger partial charge is 0.385 e. The first-order chi connectivity index (χ1) is 5.98. The van der Waals surface area contributed by atoms with E-state index in [0.717, 1.165) is 32.0 Å². The van der Waals surface area contributed by atoms with Crippen LogP contribution in [-0.4, -0.2) is 25.9 Å². The van der Waals surface area contributed by atoms with E-state index in [1.54, 1.807) is 7.11 Å². The number of ether oxygens (including phenoxy) is 2. The fourth-order valence-corrected chi connectivity index (χ4v) is 0.991. The van der Waals surface area contributed by atoms with Crippen molar-refractivity contribution in [2.24, 2.45) is 5.92 Å². The Hall–Kier alpha value is -0.0800. The Balaban J connectivity index is 3.50. The monoisotopic (exact) mass is 188 g/mol. The summed E-state index contributed by atoms with van der Waals surface area (Å²) in [7, 11) is 1.73. The normalized spacial score (nSPS) is 12.5. The van der Waals surface area contributed by atoms with Gasteiger partial charge in [0, 0.05) is 20.3 Å². The number of hydrogen-bond acceptors (Lipinski definition) is 2. The zero-order valence-electron chi connectivity index (χ0n) is 9.72. The topological polar surface area (TPSA) is 18.5 Å². The van der Waals surface area contributed by atoms with Gasteiger partial charge in [0.1, 0.15) is 0 Å². The molecule has 0 aromatic carbocycles. The van der Waals surface area contributed by atoms with Crippen LogP contribution >= 0.6 is 0 Å². The molecule has 2 heteroatoms. The van der Waals surface area contributed by atoms with Crippen molar-refractivity contribution < 1.29 is 9.47 Å². The van der Waals surface area contributed by atoms with E-state index in [0.29, 0.717) is 0 Å². The van der Waals surface area contributed by atoms with Gasteiger partial charge in [-0.2, -0.15) is 0 Å². The van der Waals surface area contributed by atoms with Gasteiger partial charge in [0.15, 0.2) is 0 Å². The first-order valence-electron chi connectivity index (χ1n) is 5.11. The maximum atomic E-state index is 5.76. The molecule has 0 saturated heterocycles. The Morgan fingerprint density at radius 3 is 2.23 bits per heavy atom. The van der Waals surface area contributed by atoms with Crippen molar-refractivity contribution in [1.29, 1.82) is 0 Å². The van der Waals surface area contributed by atoms with E-state index in [9.17, 15) is 0 Å². The van der Waals surface area contributed by atoms with Crippen LogP contribution in [0.1, 0.15) is 40.5 Å². The second-order valence-corrected chi connectivity index (χ2v) is 4.53. The van der Waals surface area contributed by atoms with Crippen LogP contribution in [0.5, 0.6) is 0 Å². The summed E-state index contributed by atoms with van der Waals surface area (Å²) < 4.78 is 10.8.